The number of nitrogens with one attached hydrogen (secondary N) is 1. The summed E-state index contributed by atoms with van der Waals surface area (Å²) in [7, 11) is 0. The lowest BCUT2D eigenvalue weighted by Gasteiger charge is -2.26. The number of pyridine rings is 2. The van der Waals surface area contributed by atoms with Crippen LogP contribution in [0, 0.1) is 5.92 Å². The first-order valence-electron chi connectivity index (χ1n) is 8.71. The average Bonchev–Trinajstić information content (AvgIpc) is 2.62. The lowest BCUT2D eigenvalue weighted by Crippen LogP contribution is -2.23. The molecule has 2 heterocycles. The molecule has 1 fully saturated rings. The largest absolute Gasteiger partial charge is 0.474 e. The molecule has 0 unspecified atom stereocenters. The Morgan fingerprint density at radius 2 is 2.08 bits per heavy atom. The van der Waals surface area contributed by atoms with Gasteiger partial charge < -0.3 is 15.8 Å². The van der Waals surface area contributed by atoms with Crippen molar-refractivity contribution in [2.45, 2.75) is 45.3 Å². The molecule has 132 valence electrons. The number of carbonyl (C=O) groups excluding carboxylic acids is 1. The van der Waals surface area contributed by atoms with Gasteiger partial charge in [0.15, 0.2) is 0 Å². The zero-order chi connectivity index (χ0) is 17.6. The Kier molecular flexibility index (Phi) is 5.48. The first-order chi connectivity index (χ1) is 12.1. The van der Waals surface area contributed by atoms with E-state index >= 15 is 0 Å². The van der Waals surface area contributed by atoms with Crippen LogP contribution in [0.5, 0.6) is 5.88 Å². The van der Waals surface area contributed by atoms with Gasteiger partial charge in [-0.3, -0.25) is 9.78 Å². The van der Waals surface area contributed by atoms with E-state index in [0.29, 0.717) is 23.7 Å². The molecule has 0 saturated heterocycles. The summed E-state index contributed by atoms with van der Waals surface area (Å²) in [5.41, 5.74) is 7.45. The van der Waals surface area contributed by atoms with Crippen LogP contribution in [0.1, 0.15) is 48.5 Å². The number of hydrogen-bond acceptors (Lipinski definition) is 5. The number of carbonyl (C=O) groups is 1. The van der Waals surface area contributed by atoms with Gasteiger partial charge in [-0.1, -0.05) is 6.92 Å². The number of nitrogens with zero attached hydrogens (tertiary/aromatic N) is 2. The maximum atomic E-state index is 11.4. The van der Waals surface area contributed by atoms with E-state index in [9.17, 15) is 4.79 Å². The van der Waals surface area contributed by atoms with Gasteiger partial charge in [-0.25, -0.2) is 4.98 Å². The van der Waals surface area contributed by atoms with Crippen molar-refractivity contribution < 1.29 is 9.53 Å². The van der Waals surface area contributed by atoms with E-state index in [4.69, 9.17) is 10.5 Å². The molecule has 3 rings (SSSR count). The number of anilines is 1. The molecule has 6 nitrogen and oxygen atoms in total. The summed E-state index contributed by atoms with van der Waals surface area (Å²) >= 11 is 0. The lowest BCUT2D eigenvalue weighted by atomic mass is 9.89. The maximum absolute atomic E-state index is 11.4. The van der Waals surface area contributed by atoms with E-state index in [0.717, 1.165) is 24.3 Å². The number of primary amides is 1. The summed E-state index contributed by atoms with van der Waals surface area (Å²) in [6.45, 7) is 2.84. The maximum Gasteiger partial charge on any atom is 0.252 e. The van der Waals surface area contributed by atoms with Crippen LogP contribution >= 0.6 is 0 Å². The summed E-state index contributed by atoms with van der Waals surface area (Å²) in [6.07, 6.45) is 9.70. The molecule has 0 radical (unpaired) electrons. The molecule has 0 aliphatic heterocycles. The molecule has 6 heteroatoms. The Labute approximate surface area is 147 Å². The number of hydrogen-bond donors (Lipinski definition) is 2. The van der Waals surface area contributed by atoms with Crippen molar-refractivity contribution in [3.63, 3.8) is 0 Å². The number of nitrogens with two attached hydrogens (primary N) is 1. The summed E-state index contributed by atoms with van der Waals surface area (Å²) in [5.74, 6) is 0.952. The minimum absolute atomic E-state index is 0.258. The van der Waals surface area contributed by atoms with Crippen LogP contribution in [-0.4, -0.2) is 22.0 Å². The first kappa shape index (κ1) is 17.2. The van der Waals surface area contributed by atoms with Gasteiger partial charge in [0.05, 0.1) is 11.3 Å². The summed E-state index contributed by atoms with van der Waals surface area (Å²) in [5, 5.41) is 3.22. The molecule has 1 aliphatic carbocycles. The van der Waals surface area contributed by atoms with Gasteiger partial charge in [-0.15, -0.1) is 0 Å². The van der Waals surface area contributed by atoms with Crippen LogP contribution in [0.2, 0.25) is 0 Å². The molecule has 1 amide bonds. The van der Waals surface area contributed by atoms with E-state index < -0.39 is 5.91 Å². The highest BCUT2D eigenvalue weighted by Gasteiger charge is 2.20. The minimum Gasteiger partial charge on any atom is -0.474 e. The fraction of sp³-hybridized carbons (Fsp3) is 0.421. The molecular weight excluding hydrogens is 316 g/mol. The van der Waals surface area contributed by atoms with Gasteiger partial charge >= 0.3 is 0 Å². The van der Waals surface area contributed by atoms with Crippen molar-refractivity contribution in [3.05, 3.63) is 47.9 Å². The standard InChI is InChI=1S/C19H24N4O2/c1-13-2-4-15(5-3-13)25-18-10-14(6-9-22-18)11-23-17-7-8-21-12-16(17)19(20)24/h6-10,12-13,15H,2-5,11H2,1H3,(H2,20,24)(H,21,23). The van der Waals surface area contributed by atoms with Crippen molar-refractivity contribution in [1.29, 1.82) is 0 Å². The fourth-order valence-corrected chi connectivity index (χ4v) is 3.09. The zero-order valence-corrected chi connectivity index (χ0v) is 14.4. The second-order valence-corrected chi connectivity index (χ2v) is 6.64. The van der Waals surface area contributed by atoms with Gasteiger partial charge in [0.2, 0.25) is 5.88 Å². The minimum atomic E-state index is -0.499. The Morgan fingerprint density at radius 3 is 2.84 bits per heavy atom. The van der Waals surface area contributed by atoms with Crippen molar-refractivity contribution >= 4 is 11.6 Å². The Balaban J connectivity index is 1.61. The van der Waals surface area contributed by atoms with E-state index in [1.807, 2.05) is 12.1 Å². The molecule has 25 heavy (non-hydrogen) atoms. The molecule has 2 aromatic heterocycles. The van der Waals surface area contributed by atoms with Crippen molar-refractivity contribution in [2.75, 3.05) is 5.32 Å². The van der Waals surface area contributed by atoms with Crippen molar-refractivity contribution in [1.82, 2.24) is 9.97 Å². The first-order valence-corrected chi connectivity index (χ1v) is 8.71. The van der Waals surface area contributed by atoms with Crippen molar-refractivity contribution in [2.24, 2.45) is 11.7 Å². The van der Waals surface area contributed by atoms with E-state index in [-0.39, 0.29) is 6.10 Å². The highest BCUT2D eigenvalue weighted by atomic mass is 16.5. The predicted molar refractivity (Wildman–Crippen MR) is 96.4 cm³/mol. The van der Waals surface area contributed by atoms with E-state index in [1.165, 1.54) is 19.0 Å². The van der Waals surface area contributed by atoms with Gasteiger partial charge in [-0.05, 0) is 49.3 Å². The summed E-state index contributed by atoms with van der Waals surface area (Å²) in [6, 6.07) is 5.60. The number of aromatic nitrogens is 2. The van der Waals surface area contributed by atoms with Gasteiger partial charge in [0.1, 0.15) is 6.10 Å². The molecule has 1 saturated carbocycles. The van der Waals surface area contributed by atoms with Crippen molar-refractivity contribution in [3.8, 4) is 5.88 Å². The van der Waals surface area contributed by atoms with Crippen LogP contribution < -0.4 is 15.8 Å². The second-order valence-electron chi connectivity index (χ2n) is 6.64. The molecule has 0 bridgehead atoms. The molecule has 0 atom stereocenters. The topological polar surface area (TPSA) is 90.1 Å². The Hall–Kier alpha value is -2.63. The van der Waals surface area contributed by atoms with Crippen LogP contribution in [-0.2, 0) is 6.54 Å². The second kappa shape index (κ2) is 7.96. The van der Waals surface area contributed by atoms with Crippen LogP contribution in [0.4, 0.5) is 5.69 Å². The number of rotatable bonds is 6. The third-order valence-corrected chi connectivity index (χ3v) is 4.62. The van der Waals surface area contributed by atoms with Crippen LogP contribution in [0.3, 0.4) is 0 Å². The SMILES string of the molecule is CC1CCC(Oc2cc(CNc3ccncc3C(N)=O)ccn2)CC1. The Bertz CT molecular complexity index is 727. The average molecular weight is 340 g/mol. The quantitative estimate of drug-likeness (QED) is 0.843. The number of amides is 1. The highest BCUT2D eigenvalue weighted by Crippen LogP contribution is 2.26. The predicted octanol–water partition coefficient (Wildman–Crippen LogP) is 3.15. The third kappa shape index (κ3) is 4.68. The van der Waals surface area contributed by atoms with Crippen LogP contribution in [0.25, 0.3) is 0 Å². The molecule has 0 aromatic carbocycles. The summed E-state index contributed by atoms with van der Waals surface area (Å²) in [4.78, 5) is 19.7. The highest BCUT2D eigenvalue weighted by molar-refractivity contribution is 5.98. The summed E-state index contributed by atoms with van der Waals surface area (Å²) < 4.78 is 6.04. The van der Waals surface area contributed by atoms with E-state index in [2.05, 4.69) is 22.2 Å². The third-order valence-electron chi connectivity index (χ3n) is 4.62. The van der Waals surface area contributed by atoms with E-state index in [1.54, 1.807) is 18.5 Å². The lowest BCUT2D eigenvalue weighted by molar-refractivity contribution is 0.100. The molecule has 3 N–H and O–H groups in total. The monoisotopic (exact) mass is 340 g/mol. The fourth-order valence-electron chi connectivity index (χ4n) is 3.09. The Morgan fingerprint density at radius 1 is 1.28 bits per heavy atom. The molecule has 1 aliphatic rings. The zero-order valence-electron chi connectivity index (χ0n) is 14.4. The molecule has 0 spiro atoms. The van der Waals surface area contributed by atoms with Gasteiger partial charge in [0.25, 0.3) is 5.91 Å². The van der Waals surface area contributed by atoms with Gasteiger partial charge in [-0.2, -0.15) is 0 Å². The molecular formula is C19H24N4O2. The normalized spacial score (nSPS) is 20.0. The molecule has 2 aromatic rings. The van der Waals surface area contributed by atoms with Crippen LogP contribution in [0.15, 0.2) is 36.8 Å². The smallest absolute Gasteiger partial charge is 0.252 e. The van der Waals surface area contributed by atoms with Gasteiger partial charge in [0, 0.05) is 31.2 Å². The number of ether oxygens (including phenoxy) is 1.